The number of halogens is 2. The molecule has 0 fully saturated rings. The molecule has 20 heavy (non-hydrogen) atoms. The Morgan fingerprint density at radius 1 is 1.35 bits per heavy atom. The zero-order valence-corrected chi connectivity index (χ0v) is 11.9. The van der Waals surface area contributed by atoms with Gasteiger partial charge in [0.05, 0.1) is 7.11 Å². The van der Waals surface area contributed by atoms with Gasteiger partial charge in [-0.3, -0.25) is 14.4 Å². The van der Waals surface area contributed by atoms with Gasteiger partial charge >= 0.3 is 0 Å². The molecule has 0 radical (unpaired) electrons. The molecule has 0 rings (SSSR count). The van der Waals surface area contributed by atoms with E-state index in [1.54, 1.807) is 0 Å². The van der Waals surface area contributed by atoms with Crippen molar-refractivity contribution in [2.75, 3.05) is 14.2 Å². The zero-order valence-electron chi connectivity index (χ0n) is 11.9. The monoisotopic (exact) mass is 288 g/mol. The molecule has 0 saturated carbocycles. The summed E-state index contributed by atoms with van der Waals surface area (Å²) in [7, 11) is 2.60. The molecule has 0 spiro atoms. The van der Waals surface area contributed by atoms with Crippen molar-refractivity contribution in [1.82, 2.24) is 10.4 Å². The summed E-state index contributed by atoms with van der Waals surface area (Å²) in [6.45, 7) is 8.72. The summed E-state index contributed by atoms with van der Waals surface area (Å²) in [6, 6.07) is 0. The summed E-state index contributed by atoms with van der Waals surface area (Å²) < 4.78 is 26.5. The van der Waals surface area contributed by atoms with Crippen LogP contribution in [0.5, 0.6) is 0 Å². The highest BCUT2D eigenvalue weighted by Gasteiger charge is 2.34. The van der Waals surface area contributed by atoms with Crippen LogP contribution in [0.1, 0.15) is 13.8 Å². The van der Waals surface area contributed by atoms with E-state index in [0.717, 1.165) is 5.06 Å². The molecule has 1 N–H and O–H groups in total. The summed E-state index contributed by atoms with van der Waals surface area (Å²) in [6.07, 6.45) is 0.676. The van der Waals surface area contributed by atoms with E-state index in [4.69, 9.17) is 4.84 Å². The summed E-state index contributed by atoms with van der Waals surface area (Å²) in [4.78, 5) is 28.4. The first-order valence-electron chi connectivity index (χ1n) is 5.60. The minimum Gasteiger partial charge on any atom is -0.338 e. The molecule has 0 aliphatic carbocycles. The lowest BCUT2D eigenvalue weighted by Crippen LogP contribution is -2.55. The maximum absolute atomic E-state index is 13.4. The van der Waals surface area contributed by atoms with Gasteiger partial charge in [0.25, 0.3) is 11.8 Å². The van der Waals surface area contributed by atoms with Crippen molar-refractivity contribution in [3.63, 3.8) is 0 Å². The van der Waals surface area contributed by atoms with Gasteiger partial charge in [-0.1, -0.05) is 13.2 Å². The normalized spacial score (nSPS) is 12.3. The molecule has 0 unspecified atom stereocenters. The average Bonchev–Trinajstić information content (AvgIpc) is 2.35. The van der Waals surface area contributed by atoms with Gasteiger partial charge in [-0.05, 0) is 19.9 Å². The largest absolute Gasteiger partial charge is 0.338 e. The fraction of sp³-hybridized carbons (Fsp3) is 0.385. The number of hydrogen-bond donors (Lipinski definition) is 1. The van der Waals surface area contributed by atoms with Crippen molar-refractivity contribution in [2.24, 2.45) is 0 Å². The Kier molecular flexibility index (Phi) is 6.25. The van der Waals surface area contributed by atoms with Crippen LogP contribution in [-0.2, 0) is 14.4 Å². The highest BCUT2D eigenvalue weighted by molar-refractivity contribution is 6.01. The summed E-state index contributed by atoms with van der Waals surface area (Å²) in [5, 5.41) is 3.10. The molecule has 0 bridgehead atoms. The Balaban J connectivity index is 5.31. The Morgan fingerprint density at radius 3 is 2.20 bits per heavy atom. The highest BCUT2D eigenvalue weighted by atomic mass is 19.1. The molecule has 0 atom stereocenters. The smallest absolute Gasteiger partial charge is 0.270 e. The van der Waals surface area contributed by atoms with Gasteiger partial charge in [0.2, 0.25) is 0 Å². The van der Waals surface area contributed by atoms with Gasteiger partial charge in [0, 0.05) is 7.05 Å². The van der Waals surface area contributed by atoms with Crippen LogP contribution in [0.2, 0.25) is 0 Å². The number of nitrogens with one attached hydrogen (secondary N) is 1. The fourth-order valence-corrected chi connectivity index (χ4v) is 1.34. The molecule has 0 heterocycles. The van der Waals surface area contributed by atoms with Crippen molar-refractivity contribution >= 4 is 11.8 Å². The number of likely N-dealkylation sites (N-methyl/N-ethyl adjacent to an activating group) is 1. The molecule has 0 saturated heterocycles. The molecule has 7 heteroatoms. The third-order valence-corrected chi connectivity index (χ3v) is 2.44. The minimum atomic E-state index is -1.43. The van der Waals surface area contributed by atoms with Crippen LogP contribution in [0.15, 0.2) is 36.5 Å². The van der Waals surface area contributed by atoms with E-state index < -0.39 is 34.6 Å². The highest BCUT2D eigenvalue weighted by Crippen LogP contribution is 2.19. The molecular weight excluding hydrogens is 270 g/mol. The Hall–Kier alpha value is -2.02. The van der Waals surface area contributed by atoms with Gasteiger partial charge < -0.3 is 5.32 Å². The molecule has 0 aliphatic rings. The predicted molar refractivity (Wildman–Crippen MR) is 70.6 cm³/mol. The van der Waals surface area contributed by atoms with Crippen LogP contribution in [0, 0.1) is 0 Å². The molecule has 0 aromatic rings. The average molecular weight is 288 g/mol. The van der Waals surface area contributed by atoms with Gasteiger partial charge in [-0.2, -0.15) is 0 Å². The lowest BCUT2D eigenvalue weighted by atomic mass is 10.0. The maximum atomic E-state index is 13.4. The van der Waals surface area contributed by atoms with E-state index in [9.17, 15) is 18.4 Å². The van der Waals surface area contributed by atoms with Crippen molar-refractivity contribution in [3.8, 4) is 0 Å². The number of hydroxylamine groups is 2. The standard InChI is InChI=1S/C13H18F2N2O3/c1-7-9(15)10(8(2)14)11(18)16-13(3,4)12(19)17(5)20-6/h7H,1-2H2,3-6H3,(H,16,18)/b10-9-. The van der Waals surface area contributed by atoms with Crippen molar-refractivity contribution < 1.29 is 23.2 Å². The number of hydrogen-bond acceptors (Lipinski definition) is 3. The van der Waals surface area contributed by atoms with Crippen LogP contribution < -0.4 is 5.32 Å². The second-order valence-corrected chi connectivity index (χ2v) is 4.40. The van der Waals surface area contributed by atoms with E-state index in [1.165, 1.54) is 28.0 Å². The summed E-state index contributed by atoms with van der Waals surface area (Å²) in [5.74, 6) is -4.14. The number of carbonyl (C=O) groups excluding carboxylic acids is 2. The van der Waals surface area contributed by atoms with Crippen LogP contribution in [0.25, 0.3) is 0 Å². The molecule has 112 valence electrons. The van der Waals surface area contributed by atoms with Crippen LogP contribution in [-0.4, -0.2) is 36.6 Å². The quantitative estimate of drug-likeness (QED) is 0.460. The van der Waals surface area contributed by atoms with Crippen molar-refractivity contribution in [1.29, 1.82) is 0 Å². The van der Waals surface area contributed by atoms with Gasteiger partial charge in [0.15, 0.2) is 0 Å². The molecule has 0 aliphatic heterocycles. The zero-order chi connectivity index (χ0) is 16.1. The number of carbonyl (C=O) groups is 2. The Morgan fingerprint density at radius 2 is 1.85 bits per heavy atom. The molecule has 0 aromatic carbocycles. The van der Waals surface area contributed by atoms with Crippen molar-refractivity contribution in [2.45, 2.75) is 19.4 Å². The fourth-order valence-electron chi connectivity index (χ4n) is 1.34. The first kappa shape index (κ1) is 18.0. The summed E-state index contributed by atoms with van der Waals surface area (Å²) in [5.41, 5.74) is -2.33. The molecule has 0 aromatic heterocycles. The third-order valence-electron chi connectivity index (χ3n) is 2.44. The van der Waals surface area contributed by atoms with E-state index in [1.807, 2.05) is 0 Å². The van der Waals surface area contributed by atoms with Gasteiger partial charge in [-0.15, -0.1) is 0 Å². The second-order valence-electron chi connectivity index (χ2n) is 4.40. The van der Waals surface area contributed by atoms with Crippen LogP contribution in [0.3, 0.4) is 0 Å². The Labute approximate surface area is 116 Å². The minimum absolute atomic E-state index is 0.601. The van der Waals surface area contributed by atoms with E-state index in [-0.39, 0.29) is 0 Å². The van der Waals surface area contributed by atoms with E-state index in [0.29, 0.717) is 6.08 Å². The first-order valence-corrected chi connectivity index (χ1v) is 5.60. The number of rotatable bonds is 6. The van der Waals surface area contributed by atoms with Crippen molar-refractivity contribution in [3.05, 3.63) is 36.5 Å². The Bertz CT molecular complexity index is 470. The summed E-state index contributed by atoms with van der Waals surface area (Å²) >= 11 is 0. The van der Waals surface area contributed by atoms with E-state index >= 15 is 0 Å². The lowest BCUT2D eigenvalue weighted by molar-refractivity contribution is -0.175. The SMILES string of the molecule is C=C/C(F)=C(\C(=C)F)C(=O)NC(C)(C)C(=O)N(C)OC. The number of amides is 2. The third kappa shape index (κ3) is 4.27. The maximum Gasteiger partial charge on any atom is 0.270 e. The number of nitrogens with zero attached hydrogens (tertiary/aromatic N) is 1. The van der Waals surface area contributed by atoms with Gasteiger partial charge in [-0.25, -0.2) is 13.8 Å². The van der Waals surface area contributed by atoms with Crippen LogP contribution >= 0.6 is 0 Å². The number of allylic oxidation sites excluding steroid dienone is 2. The van der Waals surface area contributed by atoms with Crippen LogP contribution in [0.4, 0.5) is 8.78 Å². The lowest BCUT2D eigenvalue weighted by Gasteiger charge is -2.28. The van der Waals surface area contributed by atoms with E-state index in [2.05, 4.69) is 18.5 Å². The molecule has 2 amide bonds. The second kappa shape index (κ2) is 6.95. The predicted octanol–water partition coefficient (Wildman–Crippen LogP) is 1.79. The van der Waals surface area contributed by atoms with Gasteiger partial charge in [0.1, 0.15) is 22.8 Å². The molecular formula is C13H18F2N2O3. The first-order chi connectivity index (χ1) is 9.08. The molecule has 5 nitrogen and oxygen atoms in total. The topological polar surface area (TPSA) is 58.6 Å².